The molecule has 0 unspecified atom stereocenters. The maximum atomic E-state index is 11.7. The summed E-state index contributed by atoms with van der Waals surface area (Å²) in [6.07, 6.45) is 2.29. The summed E-state index contributed by atoms with van der Waals surface area (Å²) in [5.74, 6) is 0.263. The molecule has 4 N–H and O–H groups in total. The van der Waals surface area contributed by atoms with Crippen molar-refractivity contribution in [3.05, 3.63) is 66.2 Å². The molecule has 1 atom stereocenters. The number of anilines is 3. The Morgan fingerprint density at radius 3 is 2.39 bits per heavy atom. The number of benzene rings is 2. The lowest BCUT2D eigenvalue weighted by Crippen LogP contribution is -2.42. The van der Waals surface area contributed by atoms with E-state index in [1.54, 1.807) is 0 Å². The van der Waals surface area contributed by atoms with E-state index >= 15 is 0 Å². The number of aliphatic hydroxyl groups is 1. The van der Waals surface area contributed by atoms with Gasteiger partial charge in [-0.1, -0.05) is 48.9 Å². The molecule has 0 amide bonds. The normalized spacial score (nSPS) is 15.5. The zero-order valence-electron chi connectivity index (χ0n) is 17.4. The topological polar surface area (TPSA) is 107 Å². The molecule has 1 aromatic heterocycles. The minimum atomic E-state index is -0.757. The Kier molecular flexibility index (Phi) is 5.86. The van der Waals surface area contributed by atoms with Gasteiger partial charge in [0.15, 0.2) is 0 Å². The zero-order valence-corrected chi connectivity index (χ0v) is 17.4. The first-order chi connectivity index (χ1) is 15.0. The average Bonchev–Trinajstić information content (AvgIpc) is 2.74. The largest absolute Gasteiger partial charge is 0.481 e. The lowest BCUT2D eigenvalue weighted by molar-refractivity contribution is -0.147. The highest BCUT2D eigenvalue weighted by Crippen LogP contribution is 2.44. The van der Waals surface area contributed by atoms with Crippen molar-refractivity contribution in [2.24, 2.45) is 0 Å². The van der Waals surface area contributed by atoms with Crippen LogP contribution in [0.4, 0.5) is 17.5 Å². The summed E-state index contributed by atoms with van der Waals surface area (Å²) >= 11 is 0. The second kappa shape index (κ2) is 8.73. The molecule has 31 heavy (non-hydrogen) atoms. The fourth-order valence-electron chi connectivity index (χ4n) is 3.79. The van der Waals surface area contributed by atoms with E-state index in [-0.39, 0.29) is 12.6 Å². The Labute approximate surface area is 181 Å². The van der Waals surface area contributed by atoms with Crippen LogP contribution in [0.3, 0.4) is 0 Å². The number of aliphatic carboxylic acids is 1. The van der Waals surface area contributed by atoms with Crippen LogP contribution in [-0.2, 0) is 10.2 Å². The van der Waals surface area contributed by atoms with Gasteiger partial charge in [0.25, 0.3) is 0 Å². The molecule has 0 radical (unpaired) electrons. The van der Waals surface area contributed by atoms with Crippen molar-refractivity contribution in [3.8, 4) is 11.3 Å². The average molecular weight is 418 g/mol. The number of nitrogens with zero attached hydrogens (tertiary/aromatic N) is 2. The van der Waals surface area contributed by atoms with Gasteiger partial charge in [0.2, 0.25) is 5.95 Å². The van der Waals surface area contributed by atoms with Crippen molar-refractivity contribution in [3.63, 3.8) is 0 Å². The molecule has 1 aliphatic carbocycles. The minimum Gasteiger partial charge on any atom is -0.481 e. The van der Waals surface area contributed by atoms with Crippen LogP contribution in [0.1, 0.15) is 31.7 Å². The molecule has 2 aromatic carbocycles. The van der Waals surface area contributed by atoms with Crippen LogP contribution < -0.4 is 10.6 Å². The number of nitrogens with one attached hydrogen (secondary N) is 2. The first-order valence-corrected chi connectivity index (χ1v) is 10.4. The van der Waals surface area contributed by atoms with Crippen LogP contribution in [-0.4, -0.2) is 38.8 Å². The van der Waals surface area contributed by atoms with Gasteiger partial charge in [-0.05, 0) is 37.5 Å². The number of hydrogen-bond donors (Lipinski definition) is 4. The van der Waals surface area contributed by atoms with Crippen molar-refractivity contribution >= 4 is 23.4 Å². The lowest BCUT2D eigenvalue weighted by atomic mass is 9.64. The molecule has 1 fully saturated rings. The highest BCUT2D eigenvalue weighted by Gasteiger charge is 2.45. The van der Waals surface area contributed by atoms with Crippen molar-refractivity contribution in [1.82, 2.24) is 9.97 Å². The molecule has 0 aliphatic heterocycles. The summed E-state index contributed by atoms with van der Waals surface area (Å²) in [7, 11) is 0. The van der Waals surface area contributed by atoms with Crippen LogP contribution in [0.5, 0.6) is 0 Å². The quantitative estimate of drug-likeness (QED) is 0.434. The summed E-state index contributed by atoms with van der Waals surface area (Å²) < 4.78 is 0. The smallest absolute Gasteiger partial charge is 0.314 e. The highest BCUT2D eigenvalue weighted by atomic mass is 16.4. The summed E-state index contributed by atoms with van der Waals surface area (Å²) in [5, 5.41) is 25.4. The third-order valence-electron chi connectivity index (χ3n) is 5.77. The van der Waals surface area contributed by atoms with Crippen LogP contribution in [0, 0.1) is 0 Å². The predicted molar refractivity (Wildman–Crippen MR) is 121 cm³/mol. The molecular formula is C24H26N4O3. The number of carbonyl (C=O) groups is 1. The van der Waals surface area contributed by atoms with Gasteiger partial charge in [0.1, 0.15) is 5.82 Å². The molecule has 0 saturated heterocycles. The third kappa shape index (κ3) is 4.36. The molecule has 160 valence electrons. The second-order valence-corrected chi connectivity index (χ2v) is 8.00. The lowest BCUT2D eigenvalue weighted by Gasteiger charge is -2.38. The van der Waals surface area contributed by atoms with E-state index in [0.717, 1.165) is 28.9 Å². The van der Waals surface area contributed by atoms with Crippen molar-refractivity contribution < 1.29 is 15.0 Å². The monoisotopic (exact) mass is 418 g/mol. The van der Waals surface area contributed by atoms with E-state index in [0.29, 0.717) is 24.6 Å². The minimum absolute atomic E-state index is 0.0137. The van der Waals surface area contributed by atoms with Crippen molar-refractivity contribution in [1.29, 1.82) is 0 Å². The third-order valence-corrected chi connectivity index (χ3v) is 5.77. The van der Waals surface area contributed by atoms with Crippen molar-refractivity contribution in [2.75, 3.05) is 17.2 Å². The van der Waals surface area contributed by atoms with Gasteiger partial charge >= 0.3 is 5.97 Å². The maximum Gasteiger partial charge on any atom is 0.314 e. The summed E-state index contributed by atoms with van der Waals surface area (Å²) in [5.41, 5.74) is 2.56. The van der Waals surface area contributed by atoms with E-state index in [1.165, 1.54) is 0 Å². The predicted octanol–water partition coefficient (Wildman–Crippen LogP) is 4.19. The molecule has 0 spiro atoms. The molecule has 1 saturated carbocycles. The van der Waals surface area contributed by atoms with Crippen LogP contribution in [0.2, 0.25) is 0 Å². The molecule has 3 aromatic rings. The molecule has 1 aliphatic rings. The Morgan fingerprint density at radius 1 is 1.10 bits per heavy atom. The fraction of sp³-hybridized carbons (Fsp3) is 0.292. The molecule has 1 heterocycles. The SMILES string of the molecule is C[C@@H](CO)Nc1cc(-c2ccccc2)nc(Nc2ccc(C3(C(=O)O)CCC3)cc2)n1. The van der Waals surface area contributed by atoms with E-state index in [2.05, 4.69) is 20.6 Å². The fourth-order valence-corrected chi connectivity index (χ4v) is 3.79. The van der Waals surface area contributed by atoms with Crippen LogP contribution in [0.25, 0.3) is 11.3 Å². The standard InChI is InChI=1S/C24H26N4O3/c1-16(15-29)25-21-14-20(17-6-3-2-4-7-17)27-23(28-21)26-19-10-8-18(9-11-19)24(22(30)31)12-5-13-24/h2-4,6-11,14,16,29H,5,12-13,15H2,1H3,(H,30,31)(H2,25,26,27,28)/t16-/m0/s1. The second-order valence-electron chi connectivity index (χ2n) is 8.00. The van der Waals surface area contributed by atoms with Gasteiger partial charge in [-0.25, -0.2) is 4.98 Å². The summed E-state index contributed by atoms with van der Waals surface area (Å²) in [6.45, 7) is 1.86. The Hall–Kier alpha value is -3.45. The molecular weight excluding hydrogens is 392 g/mol. The summed E-state index contributed by atoms with van der Waals surface area (Å²) in [6, 6.07) is 19.0. The Bertz CT molecular complexity index is 1050. The number of hydrogen-bond acceptors (Lipinski definition) is 6. The molecule has 0 bridgehead atoms. The molecule has 7 heteroatoms. The van der Waals surface area contributed by atoms with E-state index in [1.807, 2.05) is 67.6 Å². The zero-order chi connectivity index (χ0) is 21.8. The Balaban J connectivity index is 1.61. The number of aromatic nitrogens is 2. The van der Waals surface area contributed by atoms with Gasteiger partial charge in [-0.3, -0.25) is 4.79 Å². The van der Waals surface area contributed by atoms with Gasteiger partial charge in [-0.15, -0.1) is 0 Å². The maximum absolute atomic E-state index is 11.7. The van der Waals surface area contributed by atoms with E-state index in [9.17, 15) is 15.0 Å². The number of carboxylic acid groups (broad SMARTS) is 1. The summed E-state index contributed by atoms with van der Waals surface area (Å²) in [4.78, 5) is 20.9. The first-order valence-electron chi connectivity index (χ1n) is 10.4. The number of aliphatic hydroxyl groups excluding tert-OH is 1. The molecule has 7 nitrogen and oxygen atoms in total. The van der Waals surface area contributed by atoms with Crippen LogP contribution >= 0.6 is 0 Å². The first kappa shape index (κ1) is 20.8. The van der Waals surface area contributed by atoms with Gasteiger partial charge in [0.05, 0.1) is 17.7 Å². The van der Waals surface area contributed by atoms with E-state index < -0.39 is 11.4 Å². The van der Waals surface area contributed by atoms with Crippen molar-refractivity contribution in [2.45, 2.75) is 37.6 Å². The molecule has 4 rings (SSSR count). The van der Waals surface area contributed by atoms with Gasteiger partial charge in [0, 0.05) is 23.4 Å². The number of carboxylic acids is 1. The van der Waals surface area contributed by atoms with Gasteiger partial charge in [-0.2, -0.15) is 4.98 Å². The Morgan fingerprint density at radius 2 is 1.81 bits per heavy atom. The van der Waals surface area contributed by atoms with Gasteiger partial charge < -0.3 is 20.8 Å². The van der Waals surface area contributed by atoms with E-state index in [4.69, 9.17) is 0 Å². The van der Waals surface area contributed by atoms with Crippen LogP contribution in [0.15, 0.2) is 60.7 Å². The highest BCUT2D eigenvalue weighted by molar-refractivity contribution is 5.82. The number of rotatable bonds is 8.